The Hall–Kier alpha value is -5.31. The first kappa shape index (κ1) is 35.5. The summed E-state index contributed by atoms with van der Waals surface area (Å²) in [5.41, 5.74) is 2.51. The van der Waals surface area contributed by atoms with E-state index in [9.17, 15) is 24.0 Å². The number of anilines is 1. The average Bonchev–Trinajstić information content (AvgIpc) is 3.57. The number of fused-ring (bicyclic) bond motifs is 1. The molecule has 0 radical (unpaired) electrons. The molecule has 1 aliphatic heterocycles. The number of methoxy groups -OCH3 is 1. The Morgan fingerprint density at radius 2 is 1.69 bits per heavy atom. The summed E-state index contributed by atoms with van der Waals surface area (Å²) in [5.74, 6) is -0.670. The summed E-state index contributed by atoms with van der Waals surface area (Å²) in [5, 5.41) is 3.01. The van der Waals surface area contributed by atoms with Gasteiger partial charge in [0.25, 0.3) is 16.7 Å². The number of halogens is 2. The third-order valence-corrected chi connectivity index (χ3v) is 9.76. The molecule has 6 rings (SSSR count). The fourth-order valence-electron chi connectivity index (χ4n) is 5.55. The van der Waals surface area contributed by atoms with E-state index in [0.29, 0.717) is 26.9 Å². The second-order valence-electron chi connectivity index (χ2n) is 11.7. The predicted molar refractivity (Wildman–Crippen MR) is 196 cm³/mol. The Balaban J connectivity index is 1.29. The fraction of sp³-hybridized carbons (Fsp3) is 0.200. The van der Waals surface area contributed by atoms with E-state index < -0.39 is 34.8 Å². The third-order valence-electron chi connectivity index (χ3n) is 8.26. The molecule has 1 saturated heterocycles. The molecule has 1 N–H and O–H groups in total. The quantitative estimate of drug-likeness (QED) is 0.183. The van der Waals surface area contributed by atoms with Crippen LogP contribution >= 0.6 is 35.0 Å². The Kier molecular flexibility index (Phi) is 9.84. The average molecular weight is 750 g/mol. The molecule has 0 bridgehead atoms. The zero-order chi connectivity index (χ0) is 36.7. The van der Waals surface area contributed by atoms with E-state index in [2.05, 4.69) is 10.3 Å². The van der Waals surface area contributed by atoms with Crippen LogP contribution in [-0.4, -0.2) is 54.3 Å². The van der Waals surface area contributed by atoms with Gasteiger partial charge in [0.2, 0.25) is 5.91 Å². The van der Waals surface area contributed by atoms with Crippen molar-refractivity contribution >= 4 is 74.9 Å². The highest BCUT2D eigenvalue weighted by Gasteiger charge is 2.36. The normalized spacial score (nSPS) is 13.8. The molecule has 51 heavy (non-hydrogen) atoms. The van der Waals surface area contributed by atoms with Crippen molar-refractivity contribution in [3.8, 4) is 17.5 Å². The van der Waals surface area contributed by atoms with Gasteiger partial charge >= 0.3 is 11.7 Å². The largest absolute Gasteiger partial charge is 0.493 e. The number of aromatic nitrogens is 4. The van der Waals surface area contributed by atoms with Crippen molar-refractivity contribution in [1.82, 2.24) is 23.6 Å². The number of imidazole rings is 1. The predicted octanol–water partition coefficient (Wildman–Crippen LogP) is 5.88. The zero-order valence-corrected chi connectivity index (χ0v) is 30.3. The van der Waals surface area contributed by atoms with Gasteiger partial charge in [-0.15, -0.1) is 0 Å². The number of nitrogens with zero attached hydrogens (tertiary/aromatic N) is 5. The van der Waals surface area contributed by atoms with Crippen molar-refractivity contribution in [2.45, 2.75) is 20.4 Å². The highest BCUT2D eigenvalue weighted by molar-refractivity contribution is 8.18. The summed E-state index contributed by atoms with van der Waals surface area (Å²) in [6, 6.07) is 15.3. The number of thioether (sulfide) groups is 1. The van der Waals surface area contributed by atoms with Crippen LogP contribution in [0.15, 0.2) is 69.1 Å². The van der Waals surface area contributed by atoms with Crippen LogP contribution in [0, 0.1) is 13.8 Å². The van der Waals surface area contributed by atoms with Crippen LogP contribution in [0.25, 0.3) is 17.2 Å². The van der Waals surface area contributed by atoms with Crippen molar-refractivity contribution in [2.75, 3.05) is 19.0 Å². The second kappa shape index (κ2) is 14.1. The van der Waals surface area contributed by atoms with Gasteiger partial charge in [0.15, 0.2) is 22.7 Å². The van der Waals surface area contributed by atoms with E-state index in [1.807, 2.05) is 32.0 Å². The molecular formula is C35H30Cl2N6O7S. The molecule has 1 fully saturated rings. The number of nitrogens with one attached hydrogen (secondary N) is 1. The van der Waals surface area contributed by atoms with Gasteiger partial charge in [0.05, 0.1) is 18.6 Å². The van der Waals surface area contributed by atoms with Gasteiger partial charge < -0.3 is 14.8 Å². The van der Waals surface area contributed by atoms with E-state index in [4.69, 9.17) is 32.7 Å². The standard InChI is InChI=1S/C35H30Cl2N6O7S/c1-18-7-6-8-19(2)28(18)38-27(44)17-43-31(45)26(51-35(43)48)14-20-9-12-24(25(13-20)49-5)50-33-39-30-29(32(46)41(4)34(47)40(30)3)42(33)16-21-10-11-22(36)15-23(21)37/h6-15H,16-17H2,1-5H3,(H,38,44)/b26-14+. The third kappa shape index (κ3) is 6.89. The van der Waals surface area contributed by atoms with Crippen LogP contribution < -0.4 is 26.0 Å². The number of carbonyl (C=O) groups excluding carboxylic acids is 3. The van der Waals surface area contributed by atoms with Gasteiger partial charge in [-0.25, -0.2) is 4.79 Å². The van der Waals surface area contributed by atoms with Crippen LogP contribution in [0.1, 0.15) is 22.3 Å². The minimum absolute atomic E-state index is 0.0272. The van der Waals surface area contributed by atoms with Crippen molar-refractivity contribution in [2.24, 2.45) is 14.1 Å². The number of benzene rings is 3. The zero-order valence-electron chi connectivity index (χ0n) is 27.9. The molecule has 262 valence electrons. The van der Waals surface area contributed by atoms with E-state index in [-0.39, 0.29) is 40.1 Å². The molecule has 0 atom stereocenters. The molecule has 0 saturated carbocycles. The Morgan fingerprint density at radius 3 is 2.37 bits per heavy atom. The number of para-hydroxylation sites is 1. The molecule has 0 unspecified atom stereocenters. The van der Waals surface area contributed by atoms with Crippen LogP contribution in [0.2, 0.25) is 10.0 Å². The Bertz CT molecular complexity index is 2410. The number of ether oxygens (including phenoxy) is 2. The maximum absolute atomic E-state index is 13.4. The summed E-state index contributed by atoms with van der Waals surface area (Å²) >= 11 is 13.3. The van der Waals surface area contributed by atoms with Crippen molar-refractivity contribution < 1.29 is 23.9 Å². The van der Waals surface area contributed by atoms with Crippen molar-refractivity contribution in [1.29, 1.82) is 0 Å². The van der Waals surface area contributed by atoms with Crippen LogP contribution in [0.4, 0.5) is 10.5 Å². The summed E-state index contributed by atoms with van der Waals surface area (Å²) in [7, 11) is 4.29. The lowest BCUT2D eigenvalue weighted by molar-refractivity contribution is -0.127. The Labute approximate surface area is 305 Å². The van der Waals surface area contributed by atoms with Gasteiger partial charge in [0.1, 0.15) is 6.54 Å². The van der Waals surface area contributed by atoms with Crippen LogP contribution in [0.5, 0.6) is 17.5 Å². The highest BCUT2D eigenvalue weighted by atomic mass is 35.5. The van der Waals surface area contributed by atoms with Gasteiger partial charge in [-0.1, -0.05) is 53.5 Å². The minimum Gasteiger partial charge on any atom is -0.493 e. The van der Waals surface area contributed by atoms with E-state index in [1.165, 1.54) is 36.4 Å². The number of hydrogen-bond donors (Lipinski definition) is 1. The molecular weight excluding hydrogens is 719 g/mol. The SMILES string of the molecule is COc1cc(/C=C2/SC(=O)N(CC(=O)Nc3c(C)cccc3C)C2=O)ccc1Oc1nc2c(c(=O)n(C)c(=O)n2C)n1Cc1ccc(Cl)cc1Cl. The fourth-order valence-corrected chi connectivity index (χ4v) is 6.86. The molecule has 3 aromatic carbocycles. The molecule has 5 aromatic rings. The summed E-state index contributed by atoms with van der Waals surface area (Å²) < 4.78 is 15.5. The second-order valence-corrected chi connectivity index (χ2v) is 13.5. The summed E-state index contributed by atoms with van der Waals surface area (Å²) in [6.07, 6.45) is 1.51. The van der Waals surface area contributed by atoms with Crippen molar-refractivity contribution in [3.63, 3.8) is 0 Å². The number of rotatable bonds is 9. The molecule has 2 aromatic heterocycles. The highest BCUT2D eigenvalue weighted by Crippen LogP contribution is 2.37. The summed E-state index contributed by atoms with van der Waals surface area (Å²) in [4.78, 5) is 70.4. The number of amides is 3. The van der Waals surface area contributed by atoms with Gasteiger partial charge in [0, 0.05) is 29.8 Å². The number of hydrogen-bond acceptors (Lipinski definition) is 9. The van der Waals surface area contributed by atoms with E-state index in [1.54, 1.807) is 36.4 Å². The first-order chi connectivity index (χ1) is 24.3. The smallest absolute Gasteiger partial charge is 0.332 e. The molecule has 16 heteroatoms. The van der Waals surface area contributed by atoms with Gasteiger partial charge in [-0.3, -0.25) is 37.8 Å². The van der Waals surface area contributed by atoms with Gasteiger partial charge in [-0.2, -0.15) is 4.98 Å². The van der Waals surface area contributed by atoms with E-state index >= 15 is 0 Å². The van der Waals surface area contributed by atoms with E-state index in [0.717, 1.165) is 32.4 Å². The molecule has 13 nitrogen and oxygen atoms in total. The number of aryl methyl sites for hydroxylation is 3. The molecule has 0 aliphatic carbocycles. The number of carbonyl (C=O) groups is 3. The lowest BCUT2D eigenvalue weighted by atomic mass is 10.1. The minimum atomic E-state index is -0.609. The van der Waals surface area contributed by atoms with Crippen molar-refractivity contribution in [3.05, 3.63) is 113 Å². The lowest BCUT2D eigenvalue weighted by Crippen LogP contribution is -2.37. The Morgan fingerprint density at radius 1 is 0.961 bits per heavy atom. The molecule has 0 spiro atoms. The monoisotopic (exact) mass is 748 g/mol. The molecule has 3 amide bonds. The first-order valence-corrected chi connectivity index (χ1v) is 16.9. The first-order valence-electron chi connectivity index (χ1n) is 15.3. The molecule has 1 aliphatic rings. The van der Waals surface area contributed by atoms with Crippen LogP contribution in [-0.2, 0) is 30.2 Å². The maximum atomic E-state index is 13.4. The van der Waals surface area contributed by atoms with Gasteiger partial charge in [-0.05, 0) is 78.2 Å². The maximum Gasteiger partial charge on any atom is 0.332 e. The topological polar surface area (TPSA) is 147 Å². The van der Waals surface area contributed by atoms with Crippen LogP contribution in [0.3, 0.4) is 0 Å². The summed E-state index contributed by atoms with van der Waals surface area (Å²) in [6.45, 7) is 3.32. The lowest BCUT2D eigenvalue weighted by Gasteiger charge is -2.15. The number of imide groups is 1. The molecule has 3 heterocycles.